The molecule has 1 amide bonds. The SMILES string of the molecule is CN(Cc1ccnc2ccccc12)C(=O)C1CCCc2sc(N)nc21. The molecule has 0 saturated carbocycles. The van der Waals surface area contributed by atoms with Crippen molar-refractivity contribution in [2.75, 3.05) is 12.8 Å². The van der Waals surface area contributed by atoms with E-state index in [9.17, 15) is 4.79 Å². The van der Waals surface area contributed by atoms with E-state index in [4.69, 9.17) is 5.73 Å². The molecule has 6 heteroatoms. The van der Waals surface area contributed by atoms with Gasteiger partial charge >= 0.3 is 0 Å². The zero-order chi connectivity index (χ0) is 17.4. The highest BCUT2D eigenvalue weighted by molar-refractivity contribution is 7.15. The lowest BCUT2D eigenvalue weighted by Crippen LogP contribution is -2.33. The van der Waals surface area contributed by atoms with E-state index in [0.29, 0.717) is 11.7 Å². The van der Waals surface area contributed by atoms with E-state index in [1.54, 1.807) is 11.1 Å². The molecule has 4 rings (SSSR count). The number of carbonyl (C=O) groups excluding carboxylic acids is 1. The minimum atomic E-state index is -0.171. The summed E-state index contributed by atoms with van der Waals surface area (Å²) < 4.78 is 0. The summed E-state index contributed by atoms with van der Waals surface area (Å²) in [4.78, 5) is 24.8. The van der Waals surface area contributed by atoms with E-state index in [1.165, 1.54) is 16.2 Å². The van der Waals surface area contributed by atoms with Crippen molar-refractivity contribution in [2.45, 2.75) is 31.7 Å². The summed E-state index contributed by atoms with van der Waals surface area (Å²) in [5.74, 6) is -0.0532. The molecule has 1 unspecified atom stereocenters. The van der Waals surface area contributed by atoms with E-state index >= 15 is 0 Å². The third kappa shape index (κ3) is 2.98. The van der Waals surface area contributed by atoms with Gasteiger partial charge in [-0.1, -0.05) is 18.2 Å². The molecule has 2 heterocycles. The Morgan fingerprint density at radius 2 is 2.20 bits per heavy atom. The van der Waals surface area contributed by atoms with Gasteiger partial charge in [0.15, 0.2) is 5.13 Å². The predicted octanol–water partition coefficient (Wildman–Crippen LogP) is 3.35. The lowest BCUT2D eigenvalue weighted by atomic mass is 9.90. The number of nitrogen functional groups attached to an aromatic ring is 1. The molecule has 0 radical (unpaired) electrons. The molecule has 0 saturated heterocycles. The molecule has 0 bridgehead atoms. The zero-order valence-electron chi connectivity index (χ0n) is 14.1. The van der Waals surface area contributed by atoms with Crippen LogP contribution in [0.15, 0.2) is 36.5 Å². The van der Waals surface area contributed by atoms with Crippen LogP contribution >= 0.6 is 11.3 Å². The average molecular weight is 352 g/mol. The first kappa shape index (κ1) is 16.0. The van der Waals surface area contributed by atoms with E-state index < -0.39 is 0 Å². The van der Waals surface area contributed by atoms with E-state index in [0.717, 1.165) is 41.4 Å². The van der Waals surface area contributed by atoms with Gasteiger partial charge in [0, 0.05) is 30.1 Å². The number of likely N-dealkylation sites (N-methyl/N-ethyl adjacent to an activating group) is 1. The Balaban J connectivity index is 1.59. The highest BCUT2D eigenvalue weighted by Gasteiger charge is 2.31. The Morgan fingerprint density at radius 1 is 1.36 bits per heavy atom. The Kier molecular flexibility index (Phi) is 4.13. The molecule has 3 aromatic rings. The van der Waals surface area contributed by atoms with Crippen molar-refractivity contribution in [3.63, 3.8) is 0 Å². The molecule has 2 N–H and O–H groups in total. The standard InChI is InChI=1S/C19H20N4OS/c1-23(11-12-9-10-21-15-7-3-2-5-13(12)15)18(24)14-6-4-8-16-17(14)22-19(20)25-16/h2-3,5,7,9-10,14H,4,6,8,11H2,1H3,(H2,20,22). The number of carbonyl (C=O) groups is 1. The molecule has 5 nitrogen and oxygen atoms in total. The van der Waals surface area contributed by atoms with Gasteiger partial charge in [0.25, 0.3) is 0 Å². The van der Waals surface area contributed by atoms with Gasteiger partial charge in [-0.25, -0.2) is 4.98 Å². The van der Waals surface area contributed by atoms with Crippen LogP contribution in [0.1, 0.15) is 34.9 Å². The third-order valence-corrected chi connectivity index (χ3v) is 5.75. The summed E-state index contributed by atoms with van der Waals surface area (Å²) in [6.07, 6.45) is 4.63. The summed E-state index contributed by atoms with van der Waals surface area (Å²) in [6, 6.07) is 10.0. The number of fused-ring (bicyclic) bond motifs is 2. The molecular formula is C19H20N4OS. The highest BCUT2D eigenvalue weighted by atomic mass is 32.1. The molecule has 25 heavy (non-hydrogen) atoms. The second-order valence-corrected chi connectivity index (χ2v) is 7.60. The predicted molar refractivity (Wildman–Crippen MR) is 100 cm³/mol. The molecule has 1 atom stereocenters. The minimum Gasteiger partial charge on any atom is -0.375 e. The Labute approximate surface area is 150 Å². The number of hydrogen-bond donors (Lipinski definition) is 1. The number of nitrogens with two attached hydrogens (primary N) is 1. The number of aromatic nitrogens is 2. The summed E-state index contributed by atoms with van der Waals surface area (Å²) in [5, 5.41) is 1.65. The maximum Gasteiger partial charge on any atom is 0.231 e. The van der Waals surface area contributed by atoms with Crippen molar-refractivity contribution < 1.29 is 4.79 Å². The Hall–Kier alpha value is -2.47. The summed E-state index contributed by atoms with van der Waals surface area (Å²) >= 11 is 1.52. The largest absolute Gasteiger partial charge is 0.375 e. The maximum atomic E-state index is 13.0. The second-order valence-electron chi connectivity index (χ2n) is 6.49. The van der Waals surface area contributed by atoms with Crippen molar-refractivity contribution in [1.29, 1.82) is 0 Å². The summed E-state index contributed by atoms with van der Waals surface area (Å²) in [7, 11) is 1.86. The summed E-state index contributed by atoms with van der Waals surface area (Å²) in [5.41, 5.74) is 8.81. The number of para-hydroxylation sites is 1. The van der Waals surface area contributed by atoms with Gasteiger partial charge in [-0.05, 0) is 37.0 Å². The van der Waals surface area contributed by atoms with Gasteiger partial charge in [-0.3, -0.25) is 9.78 Å². The molecule has 1 aliphatic rings. The second kappa shape index (κ2) is 6.44. The summed E-state index contributed by atoms with van der Waals surface area (Å²) in [6.45, 7) is 0.563. The van der Waals surface area contributed by atoms with Gasteiger partial charge in [0.2, 0.25) is 5.91 Å². The zero-order valence-corrected chi connectivity index (χ0v) is 14.9. The first-order chi connectivity index (χ1) is 12.1. The van der Waals surface area contributed by atoms with E-state index in [-0.39, 0.29) is 11.8 Å². The molecular weight excluding hydrogens is 332 g/mol. The first-order valence-corrected chi connectivity index (χ1v) is 9.28. The fourth-order valence-electron chi connectivity index (χ4n) is 3.57. The monoisotopic (exact) mass is 352 g/mol. The number of anilines is 1. The van der Waals surface area contributed by atoms with E-state index in [1.807, 2.05) is 31.3 Å². The maximum absolute atomic E-state index is 13.0. The average Bonchev–Trinajstić information content (AvgIpc) is 3.01. The fourth-order valence-corrected chi connectivity index (χ4v) is 4.51. The Bertz CT molecular complexity index is 931. The third-order valence-electron chi connectivity index (χ3n) is 4.79. The van der Waals surface area contributed by atoms with Crippen molar-refractivity contribution in [2.24, 2.45) is 0 Å². The number of benzene rings is 1. The van der Waals surface area contributed by atoms with Crippen molar-refractivity contribution in [1.82, 2.24) is 14.9 Å². The molecule has 1 aromatic carbocycles. The molecule has 0 spiro atoms. The van der Waals surface area contributed by atoms with Crippen LogP contribution in [0.25, 0.3) is 10.9 Å². The quantitative estimate of drug-likeness (QED) is 0.784. The van der Waals surface area contributed by atoms with Crippen LogP contribution < -0.4 is 5.73 Å². The van der Waals surface area contributed by atoms with Crippen LogP contribution in [0.5, 0.6) is 0 Å². The van der Waals surface area contributed by atoms with Crippen LogP contribution in [0.4, 0.5) is 5.13 Å². The smallest absolute Gasteiger partial charge is 0.231 e. The number of amides is 1. The molecule has 128 valence electrons. The van der Waals surface area contributed by atoms with Crippen LogP contribution in [0.2, 0.25) is 0 Å². The number of pyridine rings is 1. The van der Waals surface area contributed by atoms with Crippen LogP contribution in [-0.4, -0.2) is 27.8 Å². The van der Waals surface area contributed by atoms with Crippen molar-refractivity contribution >= 4 is 33.3 Å². The number of thiazole rings is 1. The number of rotatable bonds is 3. The molecule has 0 aliphatic heterocycles. The lowest BCUT2D eigenvalue weighted by molar-refractivity contribution is -0.132. The topological polar surface area (TPSA) is 72.1 Å². The van der Waals surface area contributed by atoms with Gasteiger partial charge < -0.3 is 10.6 Å². The number of nitrogens with zero attached hydrogens (tertiary/aromatic N) is 3. The van der Waals surface area contributed by atoms with Gasteiger partial charge in [0.1, 0.15) is 0 Å². The van der Waals surface area contributed by atoms with Gasteiger partial charge in [0.05, 0.1) is 17.1 Å². The van der Waals surface area contributed by atoms with Gasteiger partial charge in [-0.15, -0.1) is 11.3 Å². The highest BCUT2D eigenvalue weighted by Crippen LogP contribution is 2.36. The normalized spacial score (nSPS) is 16.6. The van der Waals surface area contributed by atoms with Gasteiger partial charge in [-0.2, -0.15) is 0 Å². The minimum absolute atomic E-state index is 0.118. The lowest BCUT2D eigenvalue weighted by Gasteiger charge is -2.26. The van der Waals surface area contributed by atoms with Crippen molar-refractivity contribution in [3.05, 3.63) is 52.7 Å². The van der Waals surface area contributed by atoms with Crippen LogP contribution in [0, 0.1) is 0 Å². The molecule has 2 aromatic heterocycles. The van der Waals surface area contributed by atoms with Crippen LogP contribution in [0.3, 0.4) is 0 Å². The van der Waals surface area contributed by atoms with E-state index in [2.05, 4.69) is 16.0 Å². The first-order valence-electron chi connectivity index (χ1n) is 8.46. The number of aryl methyl sites for hydroxylation is 1. The molecule has 0 fully saturated rings. The Morgan fingerprint density at radius 3 is 3.08 bits per heavy atom. The van der Waals surface area contributed by atoms with Crippen molar-refractivity contribution in [3.8, 4) is 0 Å². The fraction of sp³-hybridized carbons (Fsp3) is 0.316. The number of hydrogen-bond acceptors (Lipinski definition) is 5. The molecule has 1 aliphatic carbocycles. The van der Waals surface area contributed by atoms with Crippen LogP contribution in [-0.2, 0) is 17.8 Å².